The third-order valence-electron chi connectivity index (χ3n) is 3.54. The van der Waals surface area contributed by atoms with E-state index in [0.29, 0.717) is 18.2 Å². The number of carbonyl (C=O) groups excluding carboxylic acids is 1. The number of likely N-dealkylation sites (tertiary alicyclic amines) is 1. The number of carbonyl (C=O) groups is 1. The second kappa shape index (κ2) is 5.85. The summed E-state index contributed by atoms with van der Waals surface area (Å²) in [6.45, 7) is 9.36. The van der Waals surface area contributed by atoms with Crippen LogP contribution in [-0.2, 0) is 4.79 Å². The van der Waals surface area contributed by atoms with Gasteiger partial charge in [0.25, 0.3) is 0 Å². The van der Waals surface area contributed by atoms with E-state index in [4.69, 9.17) is 5.73 Å². The Hall–Kier alpha value is -0.570. The quantitative estimate of drug-likeness (QED) is 0.821. The summed E-state index contributed by atoms with van der Waals surface area (Å²) in [5.41, 5.74) is 5.96. The summed E-state index contributed by atoms with van der Waals surface area (Å²) in [7, 11) is 0. The molecule has 1 heterocycles. The van der Waals surface area contributed by atoms with Gasteiger partial charge in [0.05, 0.1) is 0 Å². The van der Waals surface area contributed by atoms with Gasteiger partial charge in [-0.3, -0.25) is 4.79 Å². The molecule has 1 saturated heterocycles. The molecule has 0 aromatic rings. The summed E-state index contributed by atoms with van der Waals surface area (Å²) in [5.74, 6) is 0.866. The Morgan fingerprint density at radius 2 is 1.94 bits per heavy atom. The summed E-state index contributed by atoms with van der Waals surface area (Å²) >= 11 is 0. The van der Waals surface area contributed by atoms with Crippen LogP contribution in [0.4, 0.5) is 0 Å². The zero-order valence-electron chi connectivity index (χ0n) is 11.8. The number of nitrogens with two attached hydrogens (primary N) is 1. The molecule has 100 valence electrons. The molecule has 1 amide bonds. The Balaban J connectivity index is 2.83. The molecule has 1 atom stereocenters. The van der Waals surface area contributed by atoms with Crippen molar-refractivity contribution in [1.82, 2.24) is 4.90 Å². The first-order chi connectivity index (χ1) is 7.82. The van der Waals surface area contributed by atoms with Gasteiger partial charge in [-0.2, -0.15) is 0 Å². The molecule has 3 nitrogen and oxygen atoms in total. The van der Waals surface area contributed by atoms with Crippen molar-refractivity contribution in [1.29, 1.82) is 0 Å². The van der Waals surface area contributed by atoms with E-state index in [1.165, 1.54) is 6.42 Å². The maximum Gasteiger partial charge on any atom is 0.222 e. The largest absolute Gasteiger partial charge is 0.338 e. The van der Waals surface area contributed by atoms with E-state index in [2.05, 4.69) is 13.8 Å². The molecule has 1 aliphatic heterocycles. The van der Waals surface area contributed by atoms with Gasteiger partial charge in [-0.25, -0.2) is 0 Å². The van der Waals surface area contributed by atoms with Crippen LogP contribution >= 0.6 is 0 Å². The van der Waals surface area contributed by atoms with Crippen LogP contribution in [0.15, 0.2) is 0 Å². The number of nitrogens with zero attached hydrogens (tertiary/aromatic N) is 1. The normalized spacial score (nSPS) is 20.6. The van der Waals surface area contributed by atoms with Crippen molar-refractivity contribution < 1.29 is 4.79 Å². The molecule has 0 radical (unpaired) electrons. The summed E-state index contributed by atoms with van der Waals surface area (Å²) in [5, 5.41) is 0. The maximum atomic E-state index is 12.2. The minimum atomic E-state index is -0.315. The minimum absolute atomic E-state index is 0.174. The topological polar surface area (TPSA) is 46.3 Å². The fourth-order valence-corrected chi connectivity index (χ4v) is 2.61. The molecule has 1 fully saturated rings. The van der Waals surface area contributed by atoms with Crippen LogP contribution in [0.3, 0.4) is 0 Å². The van der Waals surface area contributed by atoms with Crippen LogP contribution in [-0.4, -0.2) is 28.9 Å². The van der Waals surface area contributed by atoms with Gasteiger partial charge < -0.3 is 10.6 Å². The lowest BCUT2D eigenvalue weighted by atomic mass is 9.87. The first-order valence-electron chi connectivity index (χ1n) is 6.90. The highest BCUT2D eigenvalue weighted by atomic mass is 16.2. The average molecular weight is 240 g/mol. The van der Waals surface area contributed by atoms with Crippen molar-refractivity contribution in [2.24, 2.45) is 11.7 Å². The number of hydrogen-bond donors (Lipinski definition) is 1. The van der Waals surface area contributed by atoms with Gasteiger partial charge in [-0.05, 0) is 39.0 Å². The Morgan fingerprint density at radius 3 is 2.47 bits per heavy atom. The van der Waals surface area contributed by atoms with Crippen LogP contribution in [0.1, 0.15) is 59.8 Å². The van der Waals surface area contributed by atoms with Gasteiger partial charge in [0, 0.05) is 24.5 Å². The van der Waals surface area contributed by atoms with E-state index in [1.54, 1.807) is 0 Å². The summed E-state index contributed by atoms with van der Waals surface area (Å²) in [6.07, 6.45) is 5.02. The minimum Gasteiger partial charge on any atom is -0.338 e. The van der Waals surface area contributed by atoms with Gasteiger partial charge in [-0.1, -0.05) is 20.3 Å². The zero-order valence-corrected chi connectivity index (χ0v) is 11.8. The Labute approximate surface area is 106 Å². The summed E-state index contributed by atoms with van der Waals surface area (Å²) in [4.78, 5) is 14.2. The monoisotopic (exact) mass is 240 g/mol. The molecule has 17 heavy (non-hydrogen) atoms. The fraction of sp³-hybridized carbons (Fsp3) is 0.929. The average Bonchev–Trinajstić information content (AvgIpc) is 2.37. The molecule has 0 aliphatic carbocycles. The molecule has 0 bridgehead atoms. The summed E-state index contributed by atoms with van der Waals surface area (Å²) in [6, 6.07) is 0.174. The van der Waals surface area contributed by atoms with E-state index in [1.807, 2.05) is 18.7 Å². The van der Waals surface area contributed by atoms with E-state index < -0.39 is 0 Å². The molecule has 2 N–H and O–H groups in total. The Bertz CT molecular complexity index is 255. The van der Waals surface area contributed by atoms with Crippen molar-refractivity contribution in [2.75, 3.05) is 6.54 Å². The number of rotatable bonds is 4. The van der Waals surface area contributed by atoms with Crippen molar-refractivity contribution in [3.63, 3.8) is 0 Å². The molecule has 3 heteroatoms. The van der Waals surface area contributed by atoms with E-state index in [-0.39, 0.29) is 11.6 Å². The molecule has 0 saturated carbocycles. The molecular formula is C14H28N2O. The number of amides is 1. The smallest absolute Gasteiger partial charge is 0.222 e. The highest BCUT2D eigenvalue weighted by molar-refractivity contribution is 5.76. The molecule has 0 spiro atoms. The predicted octanol–water partition coefficient (Wildman–Crippen LogP) is 2.54. The molecule has 1 rings (SSSR count). The highest BCUT2D eigenvalue weighted by Crippen LogP contribution is 2.24. The van der Waals surface area contributed by atoms with Crippen molar-refractivity contribution in [2.45, 2.75) is 71.4 Å². The van der Waals surface area contributed by atoms with Crippen LogP contribution in [0.2, 0.25) is 0 Å². The Morgan fingerprint density at radius 1 is 1.29 bits per heavy atom. The summed E-state index contributed by atoms with van der Waals surface area (Å²) < 4.78 is 0. The Kier molecular flexibility index (Phi) is 4.99. The molecular weight excluding hydrogens is 212 g/mol. The SMILES string of the molecule is CC(C)CC(N1CCCCCC1=O)C(C)(C)N. The standard InChI is InChI=1S/C14H28N2O/c1-11(2)10-12(14(3,4)15)16-9-7-5-6-8-13(16)17/h11-12H,5-10,15H2,1-4H3. The van der Waals surface area contributed by atoms with Crippen molar-refractivity contribution in [3.05, 3.63) is 0 Å². The van der Waals surface area contributed by atoms with Crippen LogP contribution in [0.5, 0.6) is 0 Å². The van der Waals surface area contributed by atoms with Gasteiger partial charge in [0.1, 0.15) is 0 Å². The fourth-order valence-electron chi connectivity index (χ4n) is 2.61. The molecule has 1 aliphatic rings. The lowest BCUT2D eigenvalue weighted by Crippen LogP contribution is -2.57. The second-order valence-corrected chi connectivity index (χ2v) is 6.36. The van der Waals surface area contributed by atoms with Gasteiger partial charge >= 0.3 is 0 Å². The van der Waals surface area contributed by atoms with Crippen LogP contribution in [0, 0.1) is 5.92 Å². The van der Waals surface area contributed by atoms with Crippen molar-refractivity contribution >= 4 is 5.91 Å². The number of hydrogen-bond acceptors (Lipinski definition) is 2. The highest BCUT2D eigenvalue weighted by Gasteiger charge is 2.34. The van der Waals surface area contributed by atoms with Gasteiger partial charge in [0.2, 0.25) is 5.91 Å². The van der Waals surface area contributed by atoms with Gasteiger partial charge in [-0.15, -0.1) is 0 Å². The van der Waals surface area contributed by atoms with Gasteiger partial charge in [0.15, 0.2) is 0 Å². The van der Waals surface area contributed by atoms with E-state index in [0.717, 1.165) is 25.8 Å². The first-order valence-corrected chi connectivity index (χ1v) is 6.90. The zero-order chi connectivity index (χ0) is 13.1. The van der Waals surface area contributed by atoms with Crippen LogP contribution in [0.25, 0.3) is 0 Å². The third kappa shape index (κ3) is 4.30. The first kappa shape index (κ1) is 14.5. The lowest BCUT2D eigenvalue weighted by molar-refractivity contribution is -0.134. The molecule has 0 aromatic carbocycles. The molecule has 1 unspecified atom stereocenters. The lowest BCUT2D eigenvalue weighted by Gasteiger charge is -2.40. The van der Waals surface area contributed by atoms with E-state index in [9.17, 15) is 4.79 Å². The van der Waals surface area contributed by atoms with Crippen molar-refractivity contribution in [3.8, 4) is 0 Å². The second-order valence-electron chi connectivity index (χ2n) is 6.36. The maximum absolute atomic E-state index is 12.2. The van der Waals surface area contributed by atoms with E-state index >= 15 is 0 Å². The predicted molar refractivity (Wildman–Crippen MR) is 71.7 cm³/mol. The molecule has 0 aromatic heterocycles. The van der Waals surface area contributed by atoms with Crippen LogP contribution < -0.4 is 5.73 Å². The third-order valence-corrected chi connectivity index (χ3v) is 3.54.